The van der Waals surface area contributed by atoms with Gasteiger partial charge in [0.05, 0.1) is 5.57 Å². The summed E-state index contributed by atoms with van der Waals surface area (Å²) in [5, 5.41) is 0.543. The second-order valence-corrected chi connectivity index (χ2v) is 9.34. The first-order valence-electron chi connectivity index (χ1n) is 5.66. The molecule has 0 aromatic carbocycles. The zero-order valence-electron chi connectivity index (χ0n) is 10.4. The molecule has 120 valence electrons. The molecule has 22 heavy (non-hydrogen) atoms. The highest BCUT2D eigenvalue weighted by molar-refractivity contribution is 9.10. The summed E-state index contributed by atoms with van der Waals surface area (Å²) in [7, 11) is -9.36. The van der Waals surface area contributed by atoms with Crippen molar-refractivity contribution in [1.82, 2.24) is 4.98 Å². The van der Waals surface area contributed by atoms with Crippen LogP contribution in [0.4, 0.5) is 24.3 Å². The van der Waals surface area contributed by atoms with E-state index in [1.807, 2.05) is 0 Å². The van der Waals surface area contributed by atoms with Gasteiger partial charge in [-0.05, 0) is 50.5 Å². The van der Waals surface area contributed by atoms with Gasteiger partial charge in [0.2, 0.25) is 9.84 Å². The summed E-state index contributed by atoms with van der Waals surface area (Å²) in [4.78, 5) is 0.575. The summed E-state index contributed by atoms with van der Waals surface area (Å²) in [6.07, 6.45) is 0.721. The normalized spacial score (nSPS) is 20.5. The van der Waals surface area contributed by atoms with Crippen LogP contribution in [-0.4, -0.2) is 10.9 Å². The highest BCUT2D eigenvalue weighted by Crippen LogP contribution is 3.09. The number of allylic oxidation sites excluding steroid dienone is 2. The Kier molecular flexibility index (Phi) is 2.82. The maximum Gasteiger partial charge on any atom is 0.313 e. The van der Waals surface area contributed by atoms with E-state index < -0.39 is 31.3 Å². The van der Waals surface area contributed by atoms with Crippen molar-refractivity contribution in [3.8, 4) is 0 Å². The van der Waals surface area contributed by atoms with Crippen molar-refractivity contribution in [2.45, 2.75) is 10.9 Å². The monoisotopic (exact) mass is 421 g/mol. The summed E-state index contributed by atoms with van der Waals surface area (Å²) in [5.74, 6) is -4.34. The van der Waals surface area contributed by atoms with Gasteiger partial charge in [0, 0.05) is 10.7 Å². The molecule has 0 bridgehead atoms. The smallest absolute Gasteiger partial charge is 0.242 e. The van der Waals surface area contributed by atoms with Gasteiger partial charge in [-0.25, -0.2) is 4.98 Å². The van der Waals surface area contributed by atoms with Crippen molar-refractivity contribution >= 4 is 42.7 Å². The van der Waals surface area contributed by atoms with Crippen LogP contribution in [0.3, 0.4) is 0 Å². The predicted molar refractivity (Wildman–Crippen MR) is 78.4 cm³/mol. The molecule has 3 rings (SSSR count). The van der Waals surface area contributed by atoms with E-state index in [1.165, 1.54) is 5.38 Å². The van der Waals surface area contributed by atoms with E-state index in [-0.39, 0.29) is 10.0 Å². The van der Waals surface area contributed by atoms with Gasteiger partial charge in [-0.15, -0.1) is 15.5 Å². The molecule has 0 spiro atoms. The van der Waals surface area contributed by atoms with Crippen molar-refractivity contribution in [1.29, 1.82) is 0 Å². The molecule has 2 heterocycles. The standard InChI is InChI=1S/C12H6BrF6NS2/c13-8-1-2-9(20-5-8)22(16,17,18,19)11-10(12(11,14)15)7-3-4-21-6-7/h1-6H. The molecule has 0 fully saturated rings. The number of hydrogen-bond donors (Lipinski definition) is 0. The molecule has 0 unspecified atom stereocenters. The average Bonchev–Trinajstić information content (AvgIpc) is 2.76. The van der Waals surface area contributed by atoms with E-state index >= 15 is 0 Å². The minimum atomic E-state index is -9.36. The Morgan fingerprint density at radius 3 is 2.27 bits per heavy atom. The first-order chi connectivity index (χ1) is 9.88. The number of nitrogens with zero attached hydrogens (tertiary/aromatic N) is 1. The van der Waals surface area contributed by atoms with Gasteiger partial charge in [-0.1, -0.05) is 0 Å². The SMILES string of the molecule is FC1(F)C(c2ccsc2)=C1S(F)(F)(F)(F)c1ccc(Br)cn1. The first kappa shape index (κ1) is 15.9. The number of hydrogen-bond acceptors (Lipinski definition) is 2. The molecule has 0 radical (unpaired) electrons. The Balaban J connectivity index is 2.26. The molecule has 0 N–H and O–H groups in total. The molecule has 2 aromatic heterocycles. The van der Waals surface area contributed by atoms with Crippen LogP contribution in [0.1, 0.15) is 5.56 Å². The fourth-order valence-electron chi connectivity index (χ4n) is 2.11. The van der Waals surface area contributed by atoms with Crippen LogP contribution in [0.2, 0.25) is 0 Å². The van der Waals surface area contributed by atoms with Gasteiger partial charge in [0.1, 0.15) is 4.91 Å². The molecule has 10 heteroatoms. The summed E-state index contributed by atoms with van der Waals surface area (Å²) >= 11 is 3.82. The van der Waals surface area contributed by atoms with Crippen LogP contribution < -0.4 is 0 Å². The van der Waals surface area contributed by atoms with Crippen molar-refractivity contribution in [3.05, 3.63) is 50.1 Å². The molecule has 1 nitrogen and oxygen atoms in total. The van der Waals surface area contributed by atoms with Crippen LogP contribution in [0.25, 0.3) is 5.57 Å². The van der Waals surface area contributed by atoms with Gasteiger partial charge < -0.3 is 0 Å². The van der Waals surface area contributed by atoms with Gasteiger partial charge >= 0.3 is 5.92 Å². The van der Waals surface area contributed by atoms with E-state index in [2.05, 4.69) is 20.9 Å². The van der Waals surface area contributed by atoms with E-state index in [0.717, 1.165) is 35.0 Å². The minimum Gasteiger partial charge on any atom is -0.242 e. The topological polar surface area (TPSA) is 12.9 Å². The fraction of sp³-hybridized carbons (Fsp3) is 0.0833. The second-order valence-electron chi connectivity index (χ2n) is 4.67. The van der Waals surface area contributed by atoms with Crippen LogP contribution in [0, 0.1) is 0 Å². The molecule has 0 aliphatic heterocycles. The van der Waals surface area contributed by atoms with Crippen LogP contribution in [0.5, 0.6) is 0 Å². The van der Waals surface area contributed by atoms with Crippen molar-refractivity contribution in [2.75, 3.05) is 0 Å². The summed E-state index contributed by atoms with van der Waals surface area (Å²) in [5.41, 5.74) is -1.63. The number of halogens is 7. The molecular weight excluding hydrogens is 416 g/mol. The largest absolute Gasteiger partial charge is 0.313 e. The molecule has 1 aliphatic rings. The zero-order chi connectivity index (χ0) is 16.5. The summed E-state index contributed by atoms with van der Waals surface area (Å²) < 4.78 is 85.1. The number of pyridine rings is 1. The van der Waals surface area contributed by atoms with E-state index in [1.54, 1.807) is 0 Å². The lowest BCUT2D eigenvalue weighted by atomic mass is 10.2. The highest BCUT2D eigenvalue weighted by Gasteiger charge is 2.84. The Morgan fingerprint density at radius 1 is 1.09 bits per heavy atom. The third kappa shape index (κ3) is 2.11. The lowest BCUT2D eigenvalue weighted by molar-refractivity contribution is 0.152. The summed E-state index contributed by atoms with van der Waals surface area (Å²) in [6.45, 7) is 0. The van der Waals surface area contributed by atoms with E-state index in [4.69, 9.17) is 0 Å². The van der Waals surface area contributed by atoms with Crippen LogP contribution in [-0.2, 0) is 0 Å². The van der Waals surface area contributed by atoms with Crippen LogP contribution in [0.15, 0.2) is 49.6 Å². The van der Waals surface area contributed by atoms with Gasteiger partial charge in [0.15, 0.2) is 5.03 Å². The Bertz CT molecular complexity index is 791. The summed E-state index contributed by atoms with van der Waals surface area (Å²) in [6, 6.07) is 2.37. The second kappa shape index (κ2) is 3.90. The van der Waals surface area contributed by atoms with Crippen molar-refractivity contribution in [2.24, 2.45) is 0 Å². The Labute approximate surface area is 133 Å². The number of thiophene rings is 1. The maximum atomic E-state index is 14.4. The van der Waals surface area contributed by atoms with E-state index in [9.17, 15) is 24.3 Å². The molecule has 0 atom stereocenters. The van der Waals surface area contributed by atoms with Gasteiger partial charge in [-0.3, -0.25) is 0 Å². The van der Waals surface area contributed by atoms with Gasteiger partial charge in [0.25, 0.3) is 0 Å². The molecule has 0 saturated carbocycles. The molecule has 0 amide bonds. The quantitative estimate of drug-likeness (QED) is 0.500. The van der Waals surface area contributed by atoms with Crippen LogP contribution >= 0.6 is 37.1 Å². The van der Waals surface area contributed by atoms with Gasteiger partial charge in [-0.2, -0.15) is 20.1 Å². The third-order valence-electron chi connectivity index (χ3n) is 3.11. The minimum absolute atomic E-state index is 0.180. The number of aromatic nitrogens is 1. The molecule has 1 aliphatic carbocycles. The Morgan fingerprint density at radius 2 is 1.77 bits per heavy atom. The maximum absolute atomic E-state index is 14.4. The van der Waals surface area contributed by atoms with E-state index in [0.29, 0.717) is 6.07 Å². The molecule has 2 aromatic rings. The first-order valence-corrected chi connectivity index (χ1v) is 9.44. The van der Waals surface area contributed by atoms with Crippen molar-refractivity contribution in [3.63, 3.8) is 0 Å². The molecular formula is C12H6BrF6NS2. The van der Waals surface area contributed by atoms with Crippen molar-refractivity contribution < 1.29 is 24.3 Å². The lowest BCUT2D eigenvalue weighted by Gasteiger charge is -2.47. The Hall–Kier alpha value is -1.00. The number of alkyl halides is 2. The fourth-order valence-corrected chi connectivity index (χ4v) is 5.03. The predicted octanol–water partition coefficient (Wildman–Crippen LogP) is 6.74. The number of rotatable bonds is 3. The lowest BCUT2D eigenvalue weighted by Crippen LogP contribution is -2.18. The highest BCUT2D eigenvalue weighted by atomic mass is 79.9. The third-order valence-corrected chi connectivity index (χ3v) is 6.62. The average molecular weight is 422 g/mol. The zero-order valence-corrected chi connectivity index (χ0v) is 13.6. The molecule has 0 saturated heterocycles.